The van der Waals surface area contributed by atoms with E-state index >= 15 is 0 Å². The topological polar surface area (TPSA) is 95.6 Å². The number of rotatable bonds is 9. The molecule has 168 valence electrons. The van der Waals surface area contributed by atoms with Crippen molar-refractivity contribution in [3.63, 3.8) is 0 Å². The van der Waals surface area contributed by atoms with E-state index in [0.29, 0.717) is 15.6 Å². The molecule has 1 saturated heterocycles. The third kappa shape index (κ3) is 6.26. The Labute approximate surface area is 197 Å². The molecule has 1 fully saturated rings. The zero-order valence-corrected chi connectivity index (χ0v) is 19.9. The smallest absolute Gasteiger partial charge is 0.266 e. The molecule has 0 aromatic heterocycles. The van der Waals surface area contributed by atoms with E-state index in [-0.39, 0.29) is 23.8 Å². The van der Waals surface area contributed by atoms with Crippen LogP contribution in [0.25, 0.3) is 6.08 Å². The number of nitrogens with zero attached hydrogens (tertiary/aromatic N) is 1. The first-order valence-electron chi connectivity index (χ1n) is 10.00. The fourth-order valence-corrected chi connectivity index (χ4v) is 5.13. The molecule has 0 aliphatic carbocycles. The fraction of sp³-hybridized carbons (Fsp3) is 0.227. The number of aryl methyl sites for hydroxylation is 1. The van der Waals surface area contributed by atoms with Crippen LogP contribution >= 0.6 is 24.0 Å². The van der Waals surface area contributed by atoms with Crippen molar-refractivity contribution in [3.05, 3.63) is 70.6 Å². The zero-order chi connectivity index (χ0) is 23.1. The van der Waals surface area contributed by atoms with Gasteiger partial charge in [0.25, 0.3) is 15.9 Å². The number of hydrogen-bond acceptors (Lipinski definition) is 6. The normalized spacial score (nSPS) is 15.4. The summed E-state index contributed by atoms with van der Waals surface area (Å²) in [6.07, 6.45) is 3.13. The van der Waals surface area contributed by atoms with Gasteiger partial charge in [-0.1, -0.05) is 73.4 Å². The van der Waals surface area contributed by atoms with Gasteiger partial charge in [-0.05, 0) is 42.2 Å². The SMILES string of the molecule is CCc1ccc(/C=C2\SC(=S)N(CCCC(=O)NNS(=O)(=O)c3ccccc3)C2=O)cc1. The largest absolute Gasteiger partial charge is 0.293 e. The third-order valence-corrected chi connectivity index (χ3v) is 7.36. The monoisotopic (exact) mass is 489 g/mol. The molecule has 2 aromatic carbocycles. The van der Waals surface area contributed by atoms with E-state index in [2.05, 4.69) is 17.2 Å². The van der Waals surface area contributed by atoms with Gasteiger partial charge in [-0.25, -0.2) is 8.42 Å². The van der Waals surface area contributed by atoms with E-state index in [0.717, 1.165) is 12.0 Å². The van der Waals surface area contributed by atoms with Crippen molar-refractivity contribution in [2.75, 3.05) is 6.54 Å². The third-order valence-electron chi connectivity index (χ3n) is 4.72. The molecule has 0 atom stereocenters. The number of carbonyl (C=O) groups excluding carboxylic acids is 2. The first kappa shape index (κ1) is 24.1. The van der Waals surface area contributed by atoms with Crippen molar-refractivity contribution in [1.29, 1.82) is 0 Å². The van der Waals surface area contributed by atoms with Gasteiger partial charge < -0.3 is 0 Å². The highest BCUT2D eigenvalue weighted by Gasteiger charge is 2.31. The summed E-state index contributed by atoms with van der Waals surface area (Å²) in [6.45, 7) is 2.36. The average molecular weight is 490 g/mol. The minimum atomic E-state index is -3.83. The molecular weight excluding hydrogens is 466 g/mol. The molecule has 2 aromatic rings. The predicted octanol–water partition coefficient (Wildman–Crippen LogP) is 3.24. The number of carbonyl (C=O) groups is 2. The van der Waals surface area contributed by atoms with Crippen LogP contribution < -0.4 is 10.3 Å². The van der Waals surface area contributed by atoms with Gasteiger partial charge in [0.15, 0.2) is 0 Å². The minimum Gasteiger partial charge on any atom is -0.293 e. The van der Waals surface area contributed by atoms with Crippen molar-refractivity contribution in [1.82, 2.24) is 15.2 Å². The van der Waals surface area contributed by atoms with Crippen molar-refractivity contribution in [2.24, 2.45) is 0 Å². The number of thioether (sulfide) groups is 1. The lowest BCUT2D eigenvalue weighted by molar-refractivity contribution is -0.124. The second-order valence-corrected chi connectivity index (χ2v) is 10.4. The van der Waals surface area contributed by atoms with E-state index in [1.54, 1.807) is 18.2 Å². The molecule has 0 spiro atoms. The zero-order valence-electron chi connectivity index (χ0n) is 17.4. The predicted molar refractivity (Wildman–Crippen MR) is 130 cm³/mol. The highest BCUT2D eigenvalue weighted by molar-refractivity contribution is 8.26. The van der Waals surface area contributed by atoms with E-state index in [1.165, 1.54) is 34.4 Å². The van der Waals surface area contributed by atoms with Crippen molar-refractivity contribution < 1.29 is 18.0 Å². The molecule has 2 N–H and O–H groups in total. The summed E-state index contributed by atoms with van der Waals surface area (Å²) < 4.78 is 24.7. The summed E-state index contributed by atoms with van der Waals surface area (Å²) in [5, 5.41) is 0. The quantitative estimate of drug-likeness (QED) is 0.319. The molecule has 7 nitrogen and oxygen atoms in total. The molecule has 0 unspecified atom stereocenters. The highest BCUT2D eigenvalue weighted by atomic mass is 32.2. The molecule has 10 heteroatoms. The Kier molecular flexibility index (Phi) is 8.19. The molecule has 1 heterocycles. The van der Waals surface area contributed by atoms with Crippen LogP contribution in [0.5, 0.6) is 0 Å². The summed E-state index contributed by atoms with van der Waals surface area (Å²) in [4.78, 5) is 28.8. The molecule has 0 radical (unpaired) electrons. The number of hydrazine groups is 1. The summed E-state index contributed by atoms with van der Waals surface area (Å²) in [7, 11) is -3.83. The molecule has 0 bridgehead atoms. The van der Waals surface area contributed by atoms with E-state index < -0.39 is 15.9 Å². The molecule has 32 heavy (non-hydrogen) atoms. The Morgan fingerprint density at radius 3 is 2.47 bits per heavy atom. The Morgan fingerprint density at radius 2 is 1.81 bits per heavy atom. The van der Waals surface area contributed by atoms with Crippen molar-refractivity contribution in [2.45, 2.75) is 31.1 Å². The van der Waals surface area contributed by atoms with Gasteiger partial charge in [-0.2, -0.15) is 0 Å². The number of benzene rings is 2. The molecule has 3 rings (SSSR count). The lowest BCUT2D eigenvalue weighted by atomic mass is 10.1. The van der Waals surface area contributed by atoms with Crippen LogP contribution in [0.4, 0.5) is 0 Å². The summed E-state index contributed by atoms with van der Waals surface area (Å²) in [5.74, 6) is -0.689. The van der Waals surface area contributed by atoms with Gasteiger partial charge >= 0.3 is 0 Å². The molecule has 0 saturated carbocycles. The molecule has 1 aliphatic heterocycles. The number of thiocarbonyl (C=S) groups is 1. The second-order valence-electron chi connectivity index (χ2n) is 7.00. The Morgan fingerprint density at radius 1 is 1.12 bits per heavy atom. The first-order valence-corrected chi connectivity index (χ1v) is 12.7. The standard InChI is InChI=1S/C22H23N3O4S3/c1-2-16-10-12-17(13-11-16)15-19-21(27)25(22(30)31-19)14-6-9-20(26)23-24-32(28,29)18-7-4-3-5-8-18/h3-5,7-8,10-13,15,24H,2,6,9,14H2,1H3,(H,23,26)/b19-15-. The Balaban J connectivity index is 1.49. The highest BCUT2D eigenvalue weighted by Crippen LogP contribution is 2.32. The number of hydrogen-bond donors (Lipinski definition) is 2. The van der Waals surface area contributed by atoms with Gasteiger partial charge in [0.1, 0.15) is 4.32 Å². The van der Waals surface area contributed by atoms with Crippen LogP contribution in [0.1, 0.15) is 30.9 Å². The summed E-state index contributed by atoms with van der Waals surface area (Å²) >= 11 is 6.55. The number of sulfonamides is 1. The van der Waals surface area contributed by atoms with Gasteiger partial charge in [-0.15, -0.1) is 4.83 Å². The van der Waals surface area contributed by atoms with Crippen molar-refractivity contribution in [3.8, 4) is 0 Å². The maximum atomic E-state index is 12.7. The average Bonchev–Trinajstić information content (AvgIpc) is 3.06. The van der Waals surface area contributed by atoms with E-state index in [1.807, 2.05) is 30.3 Å². The second kappa shape index (κ2) is 10.9. The Hall–Kier alpha value is -2.53. The lowest BCUT2D eigenvalue weighted by Gasteiger charge is -2.14. The van der Waals surface area contributed by atoms with Crippen LogP contribution in [0.2, 0.25) is 0 Å². The molecule has 1 aliphatic rings. The minimum absolute atomic E-state index is 0.0336. The van der Waals surface area contributed by atoms with Crippen molar-refractivity contribution >= 4 is 56.2 Å². The van der Waals surface area contributed by atoms with Gasteiger partial charge in [0.05, 0.1) is 9.80 Å². The van der Waals surface area contributed by atoms with Crippen LogP contribution in [0, 0.1) is 0 Å². The van der Waals surface area contributed by atoms with Crippen LogP contribution in [0.15, 0.2) is 64.4 Å². The van der Waals surface area contributed by atoms with Gasteiger partial charge in [-0.3, -0.25) is 19.9 Å². The van der Waals surface area contributed by atoms with Crippen LogP contribution in [-0.4, -0.2) is 36.0 Å². The maximum Gasteiger partial charge on any atom is 0.266 e. The van der Waals surface area contributed by atoms with Gasteiger partial charge in [0.2, 0.25) is 5.91 Å². The molecular formula is C22H23N3O4S3. The van der Waals surface area contributed by atoms with E-state index in [4.69, 9.17) is 12.2 Å². The van der Waals surface area contributed by atoms with E-state index in [9.17, 15) is 18.0 Å². The fourth-order valence-electron chi connectivity index (χ4n) is 2.94. The number of amides is 2. The molecule has 2 amide bonds. The number of nitrogens with one attached hydrogen (secondary N) is 2. The lowest BCUT2D eigenvalue weighted by Crippen LogP contribution is -2.41. The Bertz CT molecular complexity index is 1130. The summed E-state index contributed by atoms with van der Waals surface area (Å²) in [6, 6.07) is 15.7. The van der Waals surface area contributed by atoms with Crippen LogP contribution in [-0.2, 0) is 26.0 Å². The maximum absolute atomic E-state index is 12.7. The van der Waals surface area contributed by atoms with Crippen LogP contribution in [0.3, 0.4) is 0 Å². The van der Waals surface area contributed by atoms with Gasteiger partial charge in [0, 0.05) is 13.0 Å². The summed E-state index contributed by atoms with van der Waals surface area (Å²) in [5.41, 5.74) is 4.34. The first-order chi connectivity index (χ1) is 15.3.